The van der Waals surface area contributed by atoms with Crippen molar-refractivity contribution in [1.29, 1.82) is 5.26 Å². The second kappa shape index (κ2) is 6.52. The second-order valence-corrected chi connectivity index (χ2v) is 6.18. The van der Waals surface area contributed by atoms with Gasteiger partial charge < -0.3 is 4.74 Å². The second-order valence-electron chi connectivity index (χ2n) is 5.33. The summed E-state index contributed by atoms with van der Waals surface area (Å²) in [5, 5.41) is 9.94. The van der Waals surface area contributed by atoms with Gasteiger partial charge in [-0.15, -0.1) is 0 Å². The summed E-state index contributed by atoms with van der Waals surface area (Å²) >= 11 is 11.6. The monoisotopic (exact) mass is 365 g/mol. The van der Waals surface area contributed by atoms with Crippen molar-refractivity contribution in [3.05, 3.63) is 81.4 Å². The van der Waals surface area contributed by atoms with Crippen LogP contribution in [0.1, 0.15) is 17.0 Å². The van der Waals surface area contributed by atoms with Gasteiger partial charge in [-0.2, -0.15) is 5.26 Å². The largest absolute Gasteiger partial charge is 0.351 e. The minimum absolute atomic E-state index is 0.00289. The van der Waals surface area contributed by atoms with E-state index in [4.69, 9.17) is 27.9 Å². The fourth-order valence-electron chi connectivity index (χ4n) is 2.88. The quantitative estimate of drug-likeness (QED) is 0.671. The van der Waals surface area contributed by atoms with Crippen LogP contribution in [0.15, 0.2) is 48.6 Å². The van der Waals surface area contributed by atoms with Crippen LogP contribution in [0, 0.1) is 23.0 Å². The summed E-state index contributed by atoms with van der Waals surface area (Å²) in [4.78, 5) is 0. The molecule has 6 heteroatoms. The predicted molar refractivity (Wildman–Crippen MR) is 87.9 cm³/mol. The van der Waals surface area contributed by atoms with Crippen molar-refractivity contribution >= 4 is 23.2 Å². The normalized spacial score (nSPS) is 23.0. The van der Waals surface area contributed by atoms with Crippen molar-refractivity contribution in [3.63, 3.8) is 0 Å². The highest BCUT2D eigenvalue weighted by Gasteiger charge is 2.46. The zero-order valence-electron chi connectivity index (χ0n) is 12.3. The molecule has 0 saturated heterocycles. The number of halogens is 4. The Bertz CT molecular complexity index is 863. The summed E-state index contributed by atoms with van der Waals surface area (Å²) in [6, 6.07) is 10.5. The first-order chi connectivity index (χ1) is 11.5. The molecule has 0 fully saturated rings. The molecule has 1 heterocycles. The predicted octanol–water partition coefficient (Wildman–Crippen LogP) is 5.36. The van der Waals surface area contributed by atoms with E-state index in [1.54, 1.807) is 18.2 Å². The van der Waals surface area contributed by atoms with Gasteiger partial charge in [0, 0.05) is 16.1 Å². The maximum Gasteiger partial charge on any atom is 0.193 e. The summed E-state index contributed by atoms with van der Waals surface area (Å²) in [6.07, 6.45) is 3.30. The van der Waals surface area contributed by atoms with E-state index < -0.39 is 23.2 Å². The molecule has 2 aromatic rings. The average molecular weight is 366 g/mol. The van der Waals surface area contributed by atoms with Crippen LogP contribution in [0.5, 0.6) is 0 Å². The van der Waals surface area contributed by atoms with Crippen LogP contribution < -0.4 is 0 Å². The van der Waals surface area contributed by atoms with Gasteiger partial charge in [-0.05, 0) is 18.2 Å². The smallest absolute Gasteiger partial charge is 0.193 e. The van der Waals surface area contributed by atoms with E-state index in [1.807, 2.05) is 6.07 Å². The van der Waals surface area contributed by atoms with Gasteiger partial charge in [0.05, 0.1) is 17.5 Å². The van der Waals surface area contributed by atoms with E-state index in [0.717, 1.165) is 6.07 Å². The van der Waals surface area contributed by atoms with Gasteiger partial charge in [-0.25, -0.2) is 8.78 Å². The van der Waals surface area contributed by atoms with Crippen molar-refractivity contribution in [2.24, 2.45) is 0 Å². The standard InChI is InChI=1S/C18H11Cl2F2NO/c19-11-6-7-14(16(21)9-11)18(10-23)13(4-2-8-24-18)12-3-1-5-15(20)17(12)22/h1-7,9,13H,8H2. The molecule has 0 aliphatic carbocycles. The van der Waals surface area contributed by atoms with Crippen molar-refractivity contribution < 1.29 is 13.5 Å². The number of benzene rings is 2. The minimum atomic E-state index is -1.71. The SMILES string of the molecule is N#CC1(c2ccc(Cl)cc2F)OCC=CC1c1cccc(Cl)c1F. The molecule has 2 atom stereocenters. The third kappa shape index (κ3) is 2.69. The molecule has 122 valence electrons. The number of nitriles is 1. The van der Waals surface area contributed by atoms with E-state index >= 15 is 0 Å². The maximum atomic E-state index is 14.5. The molecule has 24 heavy (non-hydrogen) atoms. The van der Waals surface area contributed by atoms with Crippen molar-refractivity contribution in [2.75, 3.05) is 6.61 Å². The Kier molecular flexibility index (Phi) is 4.60. The summed E-state index contributed by atoms with van der Waals surface area (Å²) in [7, 11) is 0. The topological polar surface area (TPSA) is 33.0 Å². The van der Waals surface area contributed by atoms with Crippen LogP contribution >= 0.6 is 23.2 Å². The first-order valence-electron chi connectivity index (χ1n) is 7.11. The summed E-state index contributed by atoms with van der Waals surface area (Å²) in [6.45, 7) is 0.105. The summed E-state index contributed by atoms with van der Waals surface area (Å²) in [5.74, 6) is -2.20. The van der Waals surface area contributed by atoms with Crippen LogP contribution in [0.25, 0.3) is 0 Å². The van der Waals surface area contributed by atoms with Crippen molar-refractivity contribution in [1.82, 2.24) is 0 Å². The van der Waals surface area contributed by atoms with E-state index in [0.29, 0.717) is 0 Å². The lowest BCUT2D eigenvalue weighted by molar-refractivity contribution is -0.0123. The zero-order valence-corrected chi connectivity index (χ0v) is 13.8. The molecule has 2 unspecified atom stereocenters. The summed E-state index contributed by atoms with van der Waals surface area (Å²) < 4.78 is 34.6. The molecule has 0 spiro atoms. The lowest BCUT2D eigenvalue weighted by Gasteiger charge is -2.36. The third-order valence-electron chi connectivity index (χ3n) is 3.99. The Labute approximate surface area is 147 Å². The van der Waals surface area contributed by atoms with Gasteiger partial charge in [-0.3, -0.25) is 0 Å². The average Bonchev–Trinajstić information content (AvgIpc) is 2.57. The Hall–Kier alpha value is -1.93. The van der Waals surface area contributed by atoms with Gasteiger partial charge in [0.15, 0.2) is 5.60 Å². The first kappa shape index (κ1) is 16.9. The molecule has 0 N–H and O–H groups in total. The van der Waals surface area contributed by atoms with Crippen LogP contribution in [-0.4, -0.2) is 6.61 Å². The maximum absolute atomic E-state index is 14.5. The van der Waals surface area contributed by atoms with E-state index in [2.05, 4.69) is 0 Å². The molecule has 0 aromatic heterocycles. The molecular formula is C18H11Cl2F2NO. The molecule has 0 amide bonds. The van der Waals surface area contributed by atoms with Gasteiger partial charge >= 0.3 is 0 Å². The third-order valence-corrected chi connectivity index (χ3v) is 4.51. The molecule has 3 rings (SSSR count). The minimum Gasteiger partial charge on any atom is -0.351 e. The van der Waals surface area contributed by atoms with Crippen LogP contribution in [0.3, 0.4) is 0 Å². The fraction of sp³-hybridized carbons (Fsp3) is 0.167. The van der Waals surface area contributed by atoms with E-state index in [1.165, 1.54) is 24.3 Å². The first-order valence-corrected chi connectivity index (χ1v) is 7.86. The number of rotatable bonds is 2. The number of hydrogen-bond donors (Lipinski definition) is 0. The van der Waals surface area contributed by atoms with Gasteiger partial charge in [0.1, 0.15) is 17.7 Å². The Morgan fingerprint density at radius 1 is 1.21 bits per heavy atom. The number of ether oxygens (including phenoxy) is 1. The molecule has 0 saturated carbocycles. The molecule has 2 aromatic carbocycles. The Morgan fingerprint density at radius 3 is 2.71 bits per heavy atom. The Morgan fingerprint density at radius 2 is 2.00 bits per heavy atom. The highest BCUT2D eigenvalue weighted by molar-refractivity contribution is 6.31. The molecule has 1 aliphatic rings. The van der Waals surface area contributed by atoms with E-state index in [-0.39, 0.29) is 27.8 Å². The number of nitrogens with zero attached hydrogens (tertiary/aromatic N) is 1. The van der Waals surface area contributed by atoms with Crippen molar-refractivity contribution in [3.8, 4) is 6.07 Å². The lowest BCUT2D eigenvalue weighted by atomic mass is 9.76. The summed E-state index contributed by atoms with van der Waals surface area (Å²) in [5.41, 5.74) is -1.55. The fourth-order valence-corrected chi connectivity index (χ4v) is 3.22. The number of hydrogen-bond acceptors (Lipinski definition) is 2. The highest BCUT2D eigenvalue weighted by Crippen LogP contribution is 2.45. The van der Waals surface area contributed by atoms with Crippen LogP contribution in [0.2, 0.25) is 10.0 Å². The van der Waals surface area contributed by atoms with E-state index in [9.17, 15) is 14.0 Å². The zero-order chi connectivity index (χ0) is 17.3. The Balaban J connectivity index is 2.23. The molecule has 1 aliphatic heterocycles. The molecule has 0 radical (unpaired) electrons. The molecule has 2 nitrogen and oxygen atoms in total. The van der Waals surface area contributed by atoms with Gasteiger partial charge in [-0.1, -0.05) is 53.6 Å². The van der Waals surface area contributed by atoms with Gasteiger partial charge in [0.25, 0.3) is 0 Å². The van der Waals surface area contributed by atoms with Crippen molar-refractivity contribution in [2.45, 2.75) is 11.5 Å². The van der Waals surface area contributed by atoms with Crippen LogP contribution in [0.4, 0.5) is 8.78 Å². The molecule has 0 bridgehead atoms. The van der Waals surface area contributed by atoms with Crippen LogP contribution in [-0.2, 0) is 10.3 Å². The molecular weight excluding hydrogens is 355 g/mol. The highest BCUT2D eigenvalue weighted by atomic mass is 35.5. The lowest BCUT2D eigenvalue weighted by Crippen LogP contribution is -2.38. The van der Waals surface area contributed by atoms with Gasteiger partial charge in [0.2, 0.25) is 0 Å².